The van der Waals surface area contributed by atoms with Crippen molar-refractivity contribution in [1.82, 2.24) is 0 Å². The van der Waals surface area contributed by atoms with Crippen LogP contribution in [0.25, 0.3) is 0 Å². The van der Waals surface area contributed by atoms with Crippen molar-refractivity contribution in [2.75, 3.05) is 27.9 Å². The highest BCUT2D eigenvalue weighted by molar-refractivity contribution is 6.63. The quantitative estimate of drug-likeness (QED) is 0.114. The van der Waals surface area contributed by atoms with E-state index in [1.165, 1.54) is 6.92 Å². The zero-order chi connectivity index (χ0) is 36.6. The summed E-state index contributed by atoms with van der Waals surface area (Å²) in [5.41, 5.74) is -7.09. The van der Waals surface area contributed by atoms with Gasteiger partial charge >= 0.3 is 73.9 Å². The number of hydrogen-bond acceptors (Lipinski definition) is 5. The minimum Gasteiger partial charge on any atom is -0.466 e. The van der Waals surface area contributed by atoms with Gasteiger partial charge in [0.25, 0.3) is 0 Å². The van der Waals surface area contributed by atoms with Gasteiger partial charge in [0.2, 0.25) is 0 Å². The number of carbonyl (C=O) groups excluding carboxylic acids is 1. The molecule has 0 spiro atoms. The molecular formula is C17H17F21O5Si. The summed E-state index contributed by atoms with van der Waals surface area (Å²) in [6, 6.07) is 0. The van der Waals surface area contributed by atoms with Gasteiger partial charge in [-0.3, -0.25) is 4.79 Å². The molecule has 0 saturated carbocycles. The summed E-state index contributed by atoms with van der Waals surface area (Å²) in [5.74, 6) is -71.2. The highest BCUT2D eigenvalue weighted by Crippen LogP contribution is 2.66. The molecule has 0 N–H and O–H groups in total. The molecule has 0 amide bonds. The molecule has 0 aliphatic rings. The first-order chi connectivity index (χ1) is 19.0. The van der Waals surface area contributed by atoms with E-state index >= 15 is 0 Å². The molecule has 0 aliphatic heterocycles. The summed E-state index contributed by atoms with van der Waals surface area (Å²) in [4.78, 5) is 9.82. The number of rotatable bonds is 13. The molecule has 0 saturated heterocycles. The van der Waals surface area contributed by atoms with Crippen molar-refractivity contribution in [3.63, 3.8) is 0 Å². The monoisotopic (exact) mass is 728 g/mol. The van der Waals surface area contributed by atoms with Crippen LogP contribution in [0.5, 0.6) is 0 Å². The van der Waals surface area contributed by atoms with E-state index in [9.17, 15) is 97.0 Å². The van der Waals surface area contributed by atoms with E-state index in [1.807, 2.05) is 0 Å². The highest BCUT2D eigenvalue weighted by atomic mass is 28.4. The van der Waals surface area contributed by atoms with E-state index in [-0.39, 0.29) is 27.3 Å². The summed E-state index contributed by atoms with van der Waals surface area (Å²) in [7, 11) is -7.17. The maximum absolute atomic E-state index is 14.1. The minimum absolute atomic E-state index is 0.119. The lowest BCUT2D eigenvalue weighted by atomic mass is 9.87. The second-order valence-electron chi connectivity index (χ2n) is 7.76. The molecular weight excluding hydrogens is 711 g/mol. The van der Waals surface area contributed by atoms with E-state index in [1.54, 1.807) is 6.92 Å². The average Bonchev–Trinajstić information content (AvgIpc) is 2.83. The Bertz CT molecular complexity index is 920. The molecule has 0 aromatic carbocycles. The lowest BCUT2D eigenvalue weighted by molar-refractivity contribution is -0.473. The zero-order valence-corrected chi connectivity index (χ0v) is 22.7. The second-order valence-corrected chi connectivity index (χ2v) is 10.7. The Hall–Kier alpha value is -1.90. The van der Waals surface area contributed by atoms with Crippen LogP contribution >= 0.6 is 0 Å². The average molecular weight is 728 g/mol. The Kier molecular flexibility index (Phi) is 12.8. The fourth-order valence-corrected chi connectivity index (χ4v) is 4.40. The summed E-state index contributed by atoms with van der Waals surface area (Å²) >= 11 is 0. The van der Waals surface area contributed by atoms with Crippen LogP contribution in [0.1, 0.15) is 13.8 Å². The third-order valence-electron chi connectivity index (χ3n) is 5.05. The van der Waals surface area contributed by atoms with Crippen molar-refractivity contribution in [2.45, 2.75) is 72.9 Å². The van der Waals surface area contributed by atoms with Crippen molar-refractivity contribution < 1.29 is 115 Å². The van der Waals surface area contributed by atoms with Crippen molar-refractivity contribution in [3.05, 3.63) is 0 Å². The molecule has 0 unspecified atom stereocenters. The van der Waals surface area contributed by atoms with Crippen LogP contribution in [-0.4, -0.2) is 102 Å². The summed E-state index contributed by atoms with van der Waals surface area (Å²) in [6.45, 7) is 3.65. The molecule has 0 aromatic rings. The Balaban J connectivity index is 0. The Morgan fingerprint density at radius 2 is 0.705 bits per heavy atom. The third kappa shape index (κ3) is 6.12. The maximum atomic E-state index is 14.1. The van der Waals surface area contributed by atoms with Crippen molar-refractivity contribution in [2.24, 2.45) is 0 Å². The molecule has 0 atom stereocenters. The Morgan fingerprint density at radius 3 is 0.864 bits per heavy atom. The topological polar surface area (TPSA) is 54.0 Å². The SMILES string of the molecule is CCOC(C)=O.CO[Si](OC)(OC)C(F)(F)C(F)(F)C(F)(F)C(F)(F)C(F)(F)C(F)(F)C(F)(F)C(F)(F)C(F)(F)C(F)(F)F. The molecule has 5 nitrogen and oxygen atoms in total. The Morgan fingerprint density at radius 1 is 0.477 bits per heavy atom. The molecule has 266 valence electrons. The van der Waals surface area contributed by atoms with Gasteiger partial charge in [0, 0.05) is 28.3 Å². The molecule has 0 rings (SSSR count). The number of hydrogen-bond donors (Lipinski definition) is 0. The molecule has 0 radical (unpaired) electrons. The molecule has 0 aromatic heterocycles. The second kappa shape index (κ2) is 12.7. The first kappa shape index (κ1) is 44.2. The van der Waals surface area contributed by atoms with E-state index in [0.717, 1.165) is 0 Å². The van der Waals surface area contributed by atoms with Gasteiger partial charge < -0.3 is 18.0 Å². The lowest BCUT2D eigenvalue weighted by Gasteiger charge is -2.45. The molecule has 44 heavy (non-hydrogen) atoms. The van der Waals surface area contributed by atoms with E-state index in [2.05, 4.69) is 18.0 Å². The van der Waals surface area contributed by atoms with E-state index < -0.39 is 67.9 Å². The zero-order valence-electron chi connectivity index (χ0n) is 21.7. The fourth-order valence-electron chi connectivity index (χ4n) is 2.59. The van der Waals surface area contributed by atoms with Gasteiger partial charge in [0.15, 0.2) is 0 Å². The van der Waals surface area contributed by atoms with Crippen LogP contribution in [0, 0.1) is 0 Å². The van der Waals surface area contributed by atoms with Gasteiger partial charge in [-0.05, 0) is 6.92 Å². The fraction of sp³-hybridized carbons (Fsp3) is 0.941. The number of ether oxygens (including phenoxy) is 1. The van der Waals surface area contributed by atoms with Gasteiger partial charge in [0.1, 0.15) is 0 Å². The number of carbonyl (C=O) groups is 1. The van der Waals surface area contributed by atoms with Crippen molar-refractivity contribution in [1.29, 1.82) is 0 Å². The van der Waals surface area contributed by atoms with Crippen molar-refractivity contribution in [3.8, 4) is 0 Å². The summed E-state index contributed by atoms with van der Waals surface area (Å²) in [5, 5.41) is 0. The van der Waals surface area contributed by atoms with Gasteiger partial charge in [0.05, 0.1) is 6.61 Å². The standard InChI is InChI=1S/C13H9F21O3Si.C4H8O2/c1-35-38(36-2,37-3)13(33,34)11(28,29)9(24,25)7(20,21)5(16,17)4(14,15)6(18,19)8(22,23)10(26,27)12(30,31)32;1-3-6-4(2)5/h1-3H3;3H2,1-2H3. The van der Waals surface area contributed by atoms with E-state index in [4.69, 9.17) is 0 Å². The molecule has 27 heteroatoms. The van der Waals surface area contributed by atoms with Crippen LogP contribution in [0.4, 0.5) is 92.2 Å². The molecule has 0 aliphatic carbocycles. The first-order valence-electron chi connectivity index (χ1n) is 10.2. The van der Waals surface area contributed by atoms with Crippen LogP contribution in [0.3, 0.4) is 0 Å². The largest absolute Gasteiger partial charge is 0.581 e. The van der Waals surface area contributed by atoms with Crippen LogP contribution in [0.2, 0.25) is 0 Å². The highest BCUT2D eigenvalue weighted by Gasteiger charge is 2.99. The van der Waals surface area contributed by atoms with Gasteiger partial charge in [-0.25, -0.2) is 0 Å². The molecule has 0 bridgehead atoms. The van der Waals surface area contributed by atoms with Gasteiger partial charge in [-0.1, -0.05) is 0 Å². The summed E-state index contributed by atoms with van der Waals surface area (Å²) < 4.78 is 295. The predicted molar refractivity (Wildman–Crippen MR) is 99.7 cm³/mol. The minimum atomic E-state index is -9.23. The normalized spacial score (nSPS) is 15.5. The smallest absolute Gasteiger partial charge is 0.466 e. The lowest BCUT2D eigenvalue weighted by Crippen LogP contribution is -2.79. The summed E-state index contributed by atoms with van der Waals surface area (Å²) in [6.07, 6.45) is -8.03. The van der Waals surface area contributed by atoms with Crippen LogP contribution in [-0.2, 0) is 22.8 Å². The number of halogens is 21. The Labute approximate surface area is 231 Å². The predicted octanol–water partition coefficient (Wildman–Crippen LogP) is 7.25. The number of alkyl halides is 21. The van der Waals surface area contributed by atoms with Crippen LogP contribution < -0.4 is 0 Å². The van der Waals surface area contributed by atoms with Crippen LogP contribution in [0.15, 0.2) is 0 Å². The first-order valence-corrected chi connectivity index (χ1v) is 11.9. The molecule has 0 fully saturated rings. The maximum Gasteiger partial charge on any atom is 0.581 e. The van der Waals surface area contributed by atoms with Crippen molar-refractivity contribution >= 4 is 14.8 Å². The third-order valence-corrected chi connectivity index (χ3v) is 7.74. The van der Waals surface area contributed by atoms with Gasteiger partial charge in [-0.15, -0.1) is 0 Å². The van der Waals surface area contributed by atoms with Gasteiger partial charge in [-0.2, -0.15) is 92.2 Å². The number of esters is 1. The van der Waals surface area contributed by atoms with E-state index in [0.29, 0.717) is 6.61 Å². The molecule has 0 heterocycles.